The van der Waals surface area contributed by atoms with Crippen molar-refractivity contribution in [3.63, 3.8) is 0 Å². The van der Waals surface area contributed by atoms with Crippen molar-refractivity contribution in [2.24, 2.45) is 0 Å². The predicted octanol–water partition coefficient (Wildman–Crippen LogP) is 15.2. The average Bonchev–Trinajstić information content (AvgIpc) is 3.89. The third-order valence-corrected chi connectivity index (χ3v) is 12.9. The Labute approximate surface area is 343 Å². The molecule has 0 aliphatic heterocycles. The Hall–Kier alpha value is -7.42. The summed E-state index contributed by atoms with van der Waals surface area (Å²) >= 11 is 0. The molecule has 0 bridgehead atoms. The molecular formula is C57H40N2. The maximum Gasteiger partial charge on any atom is 0.0622 e. The molecule has 2 heterocycles. The SMILES string of the molecule is CC1(C)c2ccccc2-c2c1ccc1c3cc(-c4ccc5c(c4)c4ccccc4n5-c4ccc(-c5ccccc5)cc4)ccc3n(-c3cccc(-c4ccccc4)c3)c21. The zero-order chi connectivity index (χ0) is 39.2. The molecule has 9 aromatic carbocycles. The average molecular weight is 753 g/mol. The smallest absolute Gasteiger partial charge is 0.0622 e. The van der Waals surface area contributed by atoms with Gasteiger partial charge >= 0.3 is 0 Å². The summed E-state index contributed by atoms with van der Waals surface area (Å²) in [4.78, 5) is 0. The second kappa shape index (κ2) is 12.8. The molecule has 1 aliphatic carbocycles. The van der Waals surface area contributed by atoms with E-state index in [0.29, 0.717) is 0 Å². The minimum atomic E-state index is -0.100. The van der Waals surface area contributed by atoms with Crippen LogP contribution in [0.2, 0.25) is 0 Å². The van der Waals surface area contributed by atoms with Crippen molar-refractivity contribution >= 4 is 43.6 Å². The molecule has 0 radical (unpaired) electrons. The minimum absolute atomic E-state index is 0.100. The van der Waals surface area contributed by atoms with Crippen LogP contribution in [0.5, 0.6) is 0 Å². The van der Waals surface area contributed by atoms with Crippen LogP contribution in [0.15, 0.2) is 206 Å². The molecule has 0 fully saturated rings. The summed E-state index contributed by atoms with van der Waals surface area (Å²) in [6.07, 6.45) is 0. The molecule has 2 nitrogen and oxygen atoms in total. The summed E-state index contributed by atoms with van der Waals surface area (Å²) in [6.45, 7) is 4.75. The Morgan fingerprint density at radius 3 is 1.61 bits per heavy atom. The molecule has 12 rings (SSSR count). The molecule has 0 spiro atoms. The normalized spacial score (nSPS) is 13.1. The second-order valence-electron chi connectivity index (χ2n) is 16.5. The molecule has 0 amide bonds. The third kappa shape index (κ3) is 5.06. The van der Waals surface area contributed by atoms with Crippen molar-refractivity contribution in [3.05, 3.63) is 217 Å². The Kier molecular flexibility index (Phi) is 7.31. The quantitative estimate of drug-likeness (QED) is 0.166. The summed E-state index contributed by atoms with van der Waals surface area (Å²) in [6, 6.07) is 76.0. The largest absolute Gasteiger partial charge is 0.309 e. The van der Waals surface area contributed by atoms with E-state index in [-0.39, 0.29) is 5.41 Å². The zero-order valence-corrected chi connectivity index (χ0v) is 33.0. The summed E-state index contributed by atoms with van der Waals surface area (Å²) in [7, 11) is 0. The van der Waals surface area contributed by atoms with Gasteiger partial charge in [-0.05, 0) is 105 Å². The van der Waals surface area contributed by atoms with Gasteiger partial charge in [-0.15, -0.1) is 0 Å². The Morgan fingerprint density at radius 2 is 0.864 bits per heavy atom. The van der Waals surface area contributed by atoms with Crippen molar-refractivity contribution < 1.29 is 0 Å². The number of para-hydroxylation sites is 1. The summed E-state index contributed by atoms with van der Waals surface area (Å²) in [5.74, 6) is 0. The van der Waals surface area contributed by atoms with Gasteiger partial charge in [0.15, 0.2) is 0 Å². The van der Waals surface area contributed by atoms with E-state index < -0.39 is 0 Å². The molecule has 278 valence electrons. The van der Waals surface area contributed by atoms with Crippen LogP contribution in [0.1, 0.15) is 25.0 Å². The molecule has 0 saturated heterocycles. The Balaban J connectivity index is 1.06. The van der Waals surface area contributed by atoms with Crippen LogP contribution < -0.4 is 0 Å². The lowest BCUT2D eigenvalue weighted by molar-refractivity contribution is 0.661. The first kappa shape index (κ1) is 33.7. The van der Waals surface area contributed by atoms with Crippen molar-refractivity contribution in [1.29, 1.82) is 0 Å². The van der Waals surface area contributed by atoms with Crippen LogP contribution in [-0.4, -0.2) is 9.13 Å². The fourth-order valence-electron chi connectivity index (χ4n) is 10.1. The van der Waals surface area contributed by atoms with Gasteiger partial charge in [0.25, 0.3) is 0 Å². The molecule has 1 aliphatic rings. The topological polar surface area (TPSA) is 9.86 Å². The highest BCUT2D eigenvalue weighted by atomic mass is 15.0. The van der Waals surface area contributed by atoms with Gasteiger partial charge < -0.3 is 9.13 Å². The molecule has 0 unspecified atom stereocenters. The van der Waals surface area contributed by atoms with E-state index in [1.165, 1.54) is 105 Å². The summed E-state index contributed by atoms with van der Waals surface area (Å²) in [5.41, 5.74) is 19.9. The molecule has 0 N–H and O–H groups in total. The molecule has 2 aromatic heterocycles. The van der Waals surface area contributed by atoms with Gasteiger partial charge in [0.05, 0.1) is 22.1 Å². The van der Waals surface area contributed by atoms with Crippen molar-refractivity contribution in [2.75, 3.05) is 0 Å². The van der Waals surface area contributed by atoms with E-state index in [0.717, 1.165) is 5.69 Å². The lowest BCUT2D eigenvalue weighted by Crippen LogP contribution is -2.14. The van der Waals surface area contributed by atoms with Gasteiger partial charge in [-0.2, -0.15) is 0 Å². The maximum atomic E-state index is 2.53. The number of hydrogen-bond acceptors (Lipinski definition) is 0. The van der Waals surface area contributed by atoms with Gasteiger partial charge in [0.2, 0.25) is 0 Å². The highest BCUT2D eigenvalue weighted by molar-refractivity contribution is 6.17. The van der Waals surface area contributed by atoms with Gasteiger partial charge in [0.1, 0.15) is 0 Å². The molecule has 0 saturated carbocycles. The lowest BCUT2D eigenvalue weighted by atomic mass is 9.82. The van der Waals surface area contributed by atoms with E-state index in [1.54, 1.807) is 0 Å². The first-order chi connectivity index (χ1) is 29.0. The number of nitrogens with zero attached hydrogens (tertiary/aromatic N) is 2. The van der Waals surface area contributed by atoms with Crippen LogP contribution in [0.25, 0.3) is 99.5 Å². The van der Waals surface area contributed by atoms with Gasteiger partial charge in [-0.3, -0.25) is 0 Å². The van der Waals surface area contributed by atoms with Crippen LogP contribution in [0, 0.1) is 0 Å². The number of aromatic nitrogens is 2. The summed E-state index contributed by atoms with van der Waals surface area (Å²) < 4.78 is 4.93. The van der Waals surface area contributed by atoms with E-state index in [1.807, 2.05) is 0 Å². The zero-order valence-electron chi connectivity index (χ0n) is 33.0. The van der Waals surface area contributed by atoms with Gasteiger partial charge in [0, 0.05) is 43.9 Å². The minimum Gasteiger partial charge on any atom is -0.309 e. The third-order valence-electron chi connectivity index (χ3n) is 12.9. The highest BCUT2D eigenvalue weighted by Crippen LogP contribution is 2.53. The second-order valence-corrected chi connectivity index (χ2v) is 16.5. The fourth-order valence-corrected chi connectivity index (χ4v) is 10.1. The number of benzene rings is 9. The highest BCUT2D eigenvalue weighted by Gasteiger charge is 2.37. The molecule has 11 aromatic rings. The monoisotopic (exact) mass is 752 g/mol. The van der Waals surface area contributed by atoms with Crippen LogP contribution in [0.4, 0.5) is 0 Å². The van der Waals surface area contributed by atoms with E-state index >= 15 is 0 Å². The molecule has 0 atom stereocenters. The van der Waals surface area contributed by atoms with Crippen LogP contribution >= 0.6 is 0 Å². The maximum absolute atomic E-state index is 2.53. The Morgan fingerprint density at radius 1 is 0.322 bits per heavy atom. The first-order valence-corrected chi connectivity index (χ1v) is 20.6. The summed E-state index contributed by atoms with van der Waals surface area (Å²) in [5, 5.41) is 5.04. The van der Waals surface area contributed by atoms with Crippen LogP contribution in [0.3, 0.4) is 0 Å². The van der Waals surface area contributed by atoms with Crippen molar-refractivity contribution in [2.45, 2.75) is 19.3 Å². The predicted molar refractivity (Wildman–Crippen MR) is 249 cm³/mol. The lowest BCUT2D eigenvalue weighted by Gasteiger charge is -2.21. The van der Waals surface area contributed by atoms with E-state index in [4.69, 9.17) is 0 Å². The number of rotatable bonds is 5. The number of fused-ring (bicyclic) bond motifs is 10. The standard InChI is InChI=1S/C57H40N2/c1-57(2)50-22-11-9-21-47(50)55-51(57)31-30-46-49-36-42(27-33-54(49)59(56(46)55)44-19-13-18-40(34-44)38-16-7-4-8-17-38)41-26-32-53-48(35-41)45-20-10-12-23-52(45)58(53)43-28-24-39(25-29-43)37-14-5-3-6-15-37/h3-36H,1-2H3. The molecular weight excluding hydrogens is 713 g/mol. The first-order valence-electron chi connectivity index (χ1n) is 20.6. The fraction of sp³-hybridized carbons (Fsp3) is 0.0526. The van der Waals surface area contributed by atoms with Crippen LogP contribution in [-0.2, 0) is 5.41 Å². The van der Waals surface area contributed by atoms with E-state index in [2.05, 4.69) is 229 Å². The van der Waals surface area contributed by atoms with Crippen molar-refractivity contribution in [1.82, 2.24) is 9.13 Å². The molecule has 59 heavy (non-hydrogen) atoms. The Bertz CT molecular complexity index is 3440. The van der Waals surface area contributed by atoms with Crippen molar-refractivity contribution in [3.8, 4) is 55.9 Å². The van der Waals surface area contributed by atoms with Gasteiger partial charge in [-0.25, -0.2) is 0 Å². The van der Waals surface area contributed by atoms with Gasteiger partial charge in [-0.1, -0.05) is 166 Å². The molecule has 2 heteroatoms. The van der Waals surface area contributed by atoms with E-state index in [9.17, 15) is 0 Å². The number of hydrogen-bond donors (Lipinski definition) is 0.